The SMILES string of the molecule is Cc1nsc(Oc2cccc(CC(=O)O)c2)n1. The Morgan fingerprint density at radius 2 is 2.35 bits per heavy atom. The van der Waals surface area contributed by atoms with E-state index >= 15 is 0 Å². The van der Waals surface area contributed by atoms with Gasteiger partial charge in [0.1, 0.15) is 11.6 Å². The quantitative estimate of drug-likeness (QED) is 0.901. The molecule has 1 heterocycles. The van der Waals surface area contributed by atoms with Crippen molar-refractivity contribution in [1.82, 2.24) is 9.36 Å². The number of rotatable bonds is 4. The van der Waals surface area contributed by atoms with Crippen molar-refractivity contribution in [2.24, 2.45) is 0 Å². The lowest BCUT2D eigenvalue weighted by Gasteiger charge is -2.02. The van der Waals surface area contributed by atoms with Crippen LogP contribution in [0, 0.1) is 6.92 Å². The van der Waals surface area contributed by atoms with Crippen LogP contribution in [0.4, 0.5) is 0 Å². The fourth-order valence-electron chi connectivity index (χ4n) is 1.31. The first-order valence-electron chi connectivity index (χ1n) is 4.92. The van der Waals surface area contributed by atoms with Gasteiger partial charge in [0.15, 0.2) is 0 Å². The van der Waals surface area contributed by atoms with E-state index in [9.17, 15) is 4.79 Å². The van der Waals surface area contributed by atoms with Gasteiger partial charge in [0.2, 0.25) is 0 Å². The molecular weight excluding hydrogens is 240 g/mol. The van der Waals surface area contributed by atoms with Crippen LogP contribution in [0.5, 0.6) is 10.9 Å². The number of hydrogen-bond donors (Lipinski definition) is 1. The number of hydrogen-bond acceptors (Lipinski definition) is 5. The maximum absolute atomic E-state index is 10.6. The molecule has 0 spiro atoms. The normalized spacial score (nSPS) is 10.2. The highest BCUT2D eigenvalue weighted by Gasteiger charge is 2.05. The predicted molar refractivity (Wildman–Crippen MR) is 62.5 cm³/mol. The second kappa shape index (κ2) is 4.92. The van der Waals surface area contributed by atoms with Crippen LogP contribution >= 0.6 is 11.5 Å². The Balaban J connectivity index is 2.13. The summed E-state index contributed by atoms with van der Waals surface area (Å²) in [4.78, 5) is 14.6. The molecule has 5 nitrogen and oxygen atoms in total. The molecule has 17 heavy (non-hydrogen) atoms. The molecule has 2 rings (SSSR count). The highest BCUT2D eigenvalue weighted by molar-refractivity contribution is 7.07. The van der Waals surface area contributed by atoms with Crippen LogP contribution in [-0.2, 0) is 11.2 Å². The van der Waals surface area contributed by atoms with Gasteiger partial charge in [0, 0.05) is 11.5 Å². The fraction of sp³-hybridized carbons (Fsp3) is 0.182. The van der Waals surface area contributed by atoms with E-state index in [1.54, 1.807) is 31.2 Å². The monoisotopic (exact) mass is 250 g/mol. The number of carboxylic acid groups (broad SMARTS) is 1. The molecule has 0 radical (unpaired) electrons. The minimum Gasteiger partial charge on any atom is -0.481 e. The van der Waals surface area contributed by atoms with Crippen molar-refractivity contribution in [2.45, 2.75) is 13.3 Å². The summed E-state index contributed by atoms with van der Waals surface area (Å²) in [6.45, 7) is 1.78. The van der Waals surface area contributed by atoms with Gasteiger partial charge < -0.3 is 9.84 Å². The Labute approximate surface area is 102 Å². The van der Waals surface area contributed by atoms with Gasteiger partial charge in [0.25, 0.3) is 5.19 Å². The van der Waals surface area contributed by atoms with Crippen LogP contribution in [0.3, 0.4) is 0 Å². The minimum absolute atomic E-state index is 0.0215. The topological polar surface area (TPSA) is 72.3 Å². The highest BCUT2D eigenvalue weighted by atomic mass is 32.1. The van der Waals surface area contributed by atoms with Gasteiger partial charge >= 0.3 is 5.97 Å². The van der Waals surface area contributed by atoms with Gasteiger partial charge in [-0.15, -0.1) is 0 Å². The average molecular weight is 250 g/mol. The van der Waals surface area contributed by atoms with Crippen LogP contribution in [-0.4, -0.2) is 20.4 Å². The lowest BCUT2D eigenvalue weighted by Crippen LogP contribution is -1.99. The highest BCUT2D eigenvalue weighted by Crippen LogP contribution is 2.23. The third-order valence-electron chi connectivity index (χ3n) is 1.97. The third kappa shape index (κ3) is 3.25. The molecule has 0 fully saturated rings. The van der Waals surface area contributed by atoms with Gasteiger partial charge in [-0.05, 0) is 24.6 Å². The molecule has 2 aromatic rings. The van der Waals surface area contributed by atoms with Crippen LogP contribution in [0.15, 0.2) is 24.3 Å². The fourth-order valence-corrected chi connectivity index (χ4v) is 1.87. The number of carboxylic acids is 1. The van der Waals surface area contributed by atoms with E-state index in [1.807, 2.05) is 0 Å². The number of carbonyl (C=O) groups is 1. The van der Waals surface area contributed by atoms with Crippen molar-refractivity contribution in [3.63, 3.8) is 0 Å². The molecular formula is C11H10N2O3S. The number of nitrogens with zero attached hydrogens (tertiary/aromatic N) is 2. The molecule has 0 amide bonds. The van der Waals surface area contributed by atoms with E-state index in [1.165, 1.54) is 0 Å². The zero-order chi connectivity index (χ0) is 12.3. The minimum atomic E-state index is -0.867. The van der Waals surface area contributed by atoms with Crippen molar-refractivity contribution < 1.29 is 14.6 Å². The van der Waals surface area contributed by atoms with Gasteiger partial charge in [-0.1, -0.05) is 12.1 Å². The summed E-state index contributed by atoms with van der Waals surface area (Å²) in [5.74, 6) is 0.362. The van der Waals surface area contributed by atoms with Crippen molar-refractivity contribution in [1.29, 1.82) is 0 Å². The molecule has 1 aromatic carbocycles. The molecule has 0 unspecified atom stereocenters. The summed E-state index contributed by atoms with van der Waals surface area (Å²) >= 11 is 1.16. The van der Waals surface area contributed by atoms with Crippen LogP contribution in [0.1, 0.15) is 11.4 Å². The molecule has 0 aliphatic heterocycles. The first-order valence-corrected chi connectivity index (χ1v) is 5.70. The zero-order valence-corrected chi connectivity index (χ0v) is 9.90. The standard InChI is InChI=1S/C11H10N2O3S/c1-7-12-11(17-13-7)16-9-4-2-3-8(5-9)6-10(14)15/h2-5H,6H2,1H3,(H,14,15). The smallest absolute Gasteiger partial charge is 0.307 e. The first kappa shape index (κ1) is 11.5. The Hall–Kier alpha value is -1.95. The van der Waals surface area contributed by atoms with E-state index in [0.29, 0.717) is 22.3 Å². The molecule has 0 saturated heterocycles. The number of aryl methyl sites for hydroxylation is 1. The molecule has 1 aromatic heterocycles. The molecule has 0 bridgehead atoms. The van der Waals surface area contributed by atoms with E-state index in [0.717, 1.165) is 11.5 Å². The summed E-state index contributed by atoms with van der Waals surface area (Å²) in [7, 11) is 0. The summed E-state index contributed by atoms with van der Waals surface area (Å²) < 4.78 is 9.47. The predicted octanol–water partition coefficient (Wildman–Crippen LogP) is 2.27. The van der Waals surface area contributed by atoms with Gasteiger partial charge in [-0.2, -0.15) is 9.36 Å². The van der Waals surface area contributed by atoms with E-state index in [4.69, 9.17) is 9.84 Å². The van der Waals surface area contributed by atoms with Crippen LogP contribution in [0.2, 0.25) is 0 Å². The molecule has 0 atom stereocenters. The molecule has 6 heteroatoms. The summed E-state index contributed by atoms with van der Waals surface area (Å²) in [5, 5.41) is 9.14. The maximum Gasteiger partial charge on any atom is 0.307 e. The largest absolute Gasteiger partial charge is 0.481 e. The van der Waals surface area contributed by atoms with Crippen LogP contribution < -0.4 is 4.74 Å². The summed E-state index contributed by atoms with van der Waals surface area (Å²) in [5.41, 5.74) is 0.691. The van der Waals surface area contributed by atoms with Crippen LogP contribution in [0.25, 0.3) is 0 Å². The second-order valence-corrected chi connectivity index (χ2v) is 4.14. The van der Waals surface area contributed by atoms with Crippen molar-refractivity contribution in [3.8, 4) is 10.9 Å². The molecule has 88 valence electrons. The van der Waals surface area contributed by atoms with Gasteiger partial charge in [0.05, 0.1) is 6.42 Å². The van der Waals surface area contributed by atoms with Crippen molar-refractivity contribution in [3.05, 3.63) is 35.7 Å². The Kier molecular flexibility index (Phi) is 3.34. The Morgan fingerprint density at radius 3 is 3.00 bits per heavy atom. The Morgan fingerprint density at radius 1 is 1.53 bits per heavy atom. The van der Waals surface area contributed by atoms with E-state index in [2.05, 4.69) is 9.36 Å². The van der Waals surface area contributed by atoms with Gasteiger partial charge in [-0.25, -0.2) is 0 Å². The molecule has 0 aliphatic carbocycles. The average Bonchev–Trinajstić information content (AvgIpc) is 2.63. The maximum atomic E-state index is 10.6. The third-order valence-corrected chi connectivity index (χ3v) is 2.65. The lowest BCUT2D eigenvalue weighted by molar-refractivity contribution is -0.136. The lowest BCUT2D eigenvalue weighted by atomic mass is 10.1. The zero-order valence-electron chi connectivity index (χ0n) is 9.08. The molecule has 0 aliphatic rings. The van der Waals surface area contributed by atoms with Crippen molar-refractivity contribution >= 4 is 17.5 Å². The van der Waals surface area contributed by atoms with Gasteiger partial charge in [-0.3, -0.25) is 4.79 Å². The number of benzene rings is 1. The number of ether oxygens (including phenoxy) is 1. The summed E-state index contributed by atoms with van der Waals surface area (Å²) in [6, 6.07) is 6.93. The first-order chi connectivity index (χ1) is 8.13. The van der Waals surface area contributed by atoms with E-state index in [-0.39, 0.29) is 6.42 Å². The molecule has 1 N–H and O–H groups in total. The summed E-state index contributed by atoms with van der Waals surface area (Å²) in [6.07, 6.45) is -0.0215. The number of aliphatic carboxylic acids is 1. The molecule has 0 saturated carbocycles. The van der Waals surface area contributed by atoms with Crippen molar-refractivity contribution in [2.75, 3.05) is 0 Å². The van der Waals surface area contributed by atoms with E-state index < -0.39 is 5.97 Å². The second-order valence-electron chi connectivity index (χ2n) is 3.43. The number of aromatic nitrogens is 2. The Bertz CT molecular complexity index is 539.